The lowest BCUT2D eigenvalue weighted by molar-refractivity contribution is 0.0827. The number of carbonyl (C=O) groups is 2. The molecule has 3 rings (SSSR count). The molecule has 0 radical (unpaired) electrons. The molecule has 28 heavy (non-hydrogen) atoms. The molecule has 2 aromatic carbocycles. The smallest absolute Gasteiger partial charge is 0.321 e. The summed E-state index contributed by atoms with van der Waals surface area (Å²) >= 11 is 3.37. The molecule has 3 amide bonds. The van der Waals surface area contributed by atoms with Gasteiger partial charge in [-0.15, -0.1) is 0 Å². The number of halogens is 1. The van der Waals surface area contributed by atoms with Crippen LogP contribution >= 0.6 is 15.9 Å². The molecular formula is C20H22BrN5O2. The Bertz CT molecular complexity index is 1030. The van der Waals surface area contributed by atoms with Crippen molar-refractivity contribution in [2.75, 3.05) is 26.5 Å². The summed E-state index contributed by atoms with van der Waals surface area (Å²) in [6.45, 7) is 0.338. The molecular weight excluding hydrogens is 422 g/mol. The number of benzene rings is 2. The average molecular weight is 444 g/mol. The normalized spacial score (nSPS) is 10.8. The topological polar surface area (TPSA) is 70.5 Å². The number of hydrogen-bond donors (Lipinski definition) is 1. The number of anilines is 1. The van der Waals surface area contributed by atoms with E-state index in [0.717, 1.165) is 27.0 Å². The maximum Gasteiger partial charge on any atom is 0.321 e. The van der Waals surface area contributed by atoms with Gasteiger partial charge in [0, 0.05) is 43.9 Å². The van der Waals surface area contributed by atoms with Gasteiger partial charge >= 0.3 is 6.03 Å². The van der Waals surface area contributed by atoms with Crippen molar-refractivity contribution in [3.63, 3.8) is 0 Å². The Balaban J connectivity index is 1.77. The fraction of sp³-hybridized carbons (Fsp3) is 0.250. The van der Waals surface area contributed by atoms with E-state index in [1.165, 1.54) is 4.90 Å². The molecule has 1 heterocycles. The zero-order valence-corrected chi connectivity index (χ0v) is 17.8. The monoisotopic (exact) mass is 443 g/mol. The Hall–Kier alpha value is -2.87. The van der Waals surface area contributed by atoms with Gasteiger partial charge in [-0.05, 0) is 42.5 Å². The number of imidazole rings is 1. The van der Waals surface area contributed by atoms with Crippen LogP contribution in [0, 0.1) is 0 Å². The number of hydrogen-bond acceptors (Lipinski definition) is 3. The number of nitrogens with one attached hydrogen (secondary N) is 1. The molecule has 3 aromatic rings. The Kier molecular flexibility index (Phi) is 5.69. The highest BCUT2D eigenvalue weighted by Gasteiger charge is 2.16. The zero-order valence-electron chi connectivity index (χ0n) is 16.2. The molecule has 0 spiro atoms. The number of carbonyl (C=O) groups excluding carboxylic acids is 2. The molecule has 146 valence electrons. The minimum Gasteiger partial charge on any atom is -0.345 e. The minimum absolute atomic E-state index is 0.0694. The van der Waals surface area contributed by atoms with Gasteiger partial charge in [0.1, 0.15) is 5.82 Å². The van der Waals surface area contributed by atoms with Crippen LogP contribution in [-0.2, 0) is 13.6 Å². The van der Waals surface area contributed by atoms with Crippen LogP contribution in [0.25, 0.3) is 11.0 Å². The number of amides is 3. The fourth-order valence-corrected chi connectivity index (χ4v) is 3.08. The van der Waals surface area contributed by atoms with E-state index in [0.29, 0.717) is 12.1 Å². The van der Waals surface area contributed by atoms with Gasteiger partial charge in [0.15, 0.2) is 0 Å². The third kappa shape index (κ3) is 4.17. The Labute approximate surface area is 172 Å². The number of aryl methyl sites for hydroxylation is 1. The van der Waals surface area contributed by atoms with Gasteiger partial charge in [0.2, 0.25) is 0 Å². The lowest BCUT2D eigenvalue weighted by Crippen LogP contribution is -2.31. The second-order valence-corrected chi connectivity index (χ2v) is 7.70. The summed E-state index contributed by atoms with van der Waals surface area (Å²) in [5.74, 6) is 0.665. The molecule has 0 aliphatic heterocycles. The van der Waals surface area contributed by atoms with Crippen molar-refractivity contribution < 1.29 is 9.59 Å². The molecule has 0 atom stereocenters. The maximum atomic E-state index is 12.5. The lowest BCUT2D eigenvalue weighted by Gasteiger charge is -2.17. The van der Waals surface area contributed by atoms with Crippen LogP contribution in [0.2, 0.25) is 0 Å². The minimum atomic E-state index is -0.224. The van der Waals surface area contributed by atoms with Crippen LogP contribution in [0.15, 0.2) is 46.9 Å². The van der Waals surface area contributed by atoms with Crippen molar-refractivity contribution >= 4 is 44.6 Å². The van der Waals surface area contributed by atoms with Crippen LogP contribution < -0.4 is 5.32 Å². The molecule has 8 heteroatoms. The first-order valence-corrected chi connectivity index (χ1v) is 9.50. The summed E-state index contributed by atoms with van der Waals surface area (Å²) in [7, 11) is 7.05. The van der Waals surface area contributed by atoms with E-state index in [1.807, 2.05) is 41.9 Å². The molecule has 0 saturated heterocycles. The van der Waals surface area contributed by atoms with Crippen molar-refractivity contribution in [2.45, 2.75) is 6.54 Å². The molecule has 7 nitrogen and oxygen atoms in total. The third-order valence-electron chi connectivity index (χ3n) is 4.45. The van der Waals surface area contributed by atoms with E-state index in [2.05, 4.69) is 26.2 Å². The molecule has 0 aliphatic rings. The summed E-state index contributed by atoms with van der Waals surface area (Å²) in [6.07, 6.45) is 0. The molecule has 1 N–H and O–H groups in total. The largest absolute Gasteiger partial charge is 0.345 e. The van der Waals surface area contributed by atoms with Crippen molar-refractivity contribution in [1.82, 2.24) is 19.4 Å². The van der Waals surface area contributed by atoms with Gasteiger partial charge in [0.25, 0.3) is 5.91 Å². The van der Waals surface area contributed by atoms with E-state index in [4.69, 9.17) is 0 Å². The predicted molar refractivity (Wildman–Crippen MR) is 113 cm³/mol. The Morgan fingerprint density at radius 3 is 2.43 bits per heavy atom. The van der Waals surface area contributed by atoms with Crippen molar-refractivity contribution in [1.29, 1.82) is 0 Å². The SMILES string of the molecule is CN(C)C(=O)c1ccc2c(c1)nc(CN(C)C(=O)Nc1ccc(Br)cc1)n2C. The zero-order chi connectivity index (χ0) is 20.4. The van der Waals surface area contributed by atoms with Crippen LogP contribution in [-0.4, -0.2) is 52.4 Å². The van der Waals surface area contributed by atoms with Crippen LogP contribution in [0.1, 0.15) is 16.2 Å². The number of fused-ring (bicyclic) bond motifs is 1. The molecule has 0 aliphatic carbocycles. The number of aromatic nitrogens is 2. The molecule has 1 aromatic heterocycles. The van der Waals surface area contributed by atoms with Gasteiger partial charge in [0.05, 0.1) is 17.6 Å². The molecule has 0 bridgehead atoms. The van der Waals surface area contributed by atoms with Crippen LogP contribution in [0.4, 0.5) is 10.5 Å². The van der Waals surface area contributed by atoms with Gasteiger partial charge < -0.3 is 19.7 Å². The van der Waals surface area contributed by atoms with E-state index < -0.39 is 0 Å². The van der Waals surface area contributed by atoms with Gasteiger partial charge in [-0.2, -0.15) is 0 Å². The first kappa shape index (κ1) is 19.9. The van der Waals surface area contributed by atoms with E-state index in [9.17, 15) is 9.59 Å². The number of urea groups is 1. The summed E-state index contributed by atoms with van der Waals surface area (Å²) in [5, 5.41) is 2.86. The quantitative estimate of drug-likeness (QED) is 0.667. The molecule has 0 saturated carbocycles. The van der Waals surface area contributed by atoms with Gasteiger partial charge in [-0.1, -0.05) is 15.9 Å². The summed E-state index contributed by atoms with van der Waals surface area (Å²) in [5.41, 5.74) is 2.94. The first-order chi connectivity index (χ1) is 13.3. The van der Waals surface area contributed by atoms with Crippen LogP contribution in [0.3, 0.4) is 0 Å². The second-order valence-electron chi connectivity index (χ2n) is 6.78. The fourth-order valence-electron chi connectivity index (χ4n) is 2.82. The van der Waals surface area contributed by atoms with Crippen molar-refractivity contribution in [3.05, 3.63) is 58.3 Å². The maximum absolute atomic E-state index is 12.5. The van der Waals surface area contributed by atoms with Crippen LogP contribution in [0.5, 0.6) is 0 Å². The highest BCUT2D eigenvalue weighted by atomic mass is 79.9. The second kappa shape index (κ2) is 8.02. The summed E-state index contributed by atoms with van der Waals surface area (Å²) in [6, 6.07) is 12.6. The summed E-state index contributed by atoms with van der Waals surface area (Å²) < 4.78 is 2.88. The van der Waals surface area contributed by atoms with E-state index >= 15 is 0 Å². The molecule has 0 unspecified atom stereocenters. The highest BCUT2D eigenvalue weighted by molar-refractivity contribution is 9.10. The van der Waals surface area contributed by atoms with E-state index in [-0.39, 0.29) is 11.9 Å². The molecule has 0 fully saturated rings. The van der Waals surface area contributed by atoms with E-state index in [1.54, 1.807) is 38.2 Å². The Morgan fingerprint density at radius 1 is 1.11 bits per heavy atom. The third-order valence-corrected chi connectivity index (χ3v) is 4.98. The van der Waals surface area contributed by atoms with Crippen molar-refractivity contribution in [3.8, 4) is 0 Å². The standard InChI is InChI=1S/C20H22BrN5O2/c1-24(2)19(27)13-5-10-17-16(11-13)23-18(26(17)4)12-25(3)20(28)22-15-8-6-14(21)7-9-15/h5-11H,12H2,1-4H3,(H,22,28). The lowest BCUT2D eigenvalue weighted by atomic mass is 10.2. The number of nitrogens with zero attached hydrogens (tertiary/aromatic N) is 4. The van der Waals surface area contributed by atoms with Crippen molar-refractivity contribution in [2.24, 2.45) is 7.05 Å². The first-order valence-electron chi connectivity index (χ1n) is 8.71. The van der Waals surface area contributed by atoms with Gasteiger partial charge in [-0.3, -0.25) is 4.79 Å². The average Bonchev–Trinajstić information content (AvgIpc) is 2.97. The van der Waals surface area contributed by atoms with Gasteiger partial charge in [-0.25, -0.2) is 9.78 Å². The Morgan fingerprint density at radius 2 is 1.79 bits per heavy atom. The highest BCUT2D eigenvalue weighted by Crippen LogP contribution is 2.19. The number of rotatable bonds is 4. The summed E-state index contributed by atoms with van der Waals surface area (Å²) in [4.78, 5) is 32.3. The predicted octanol–water partition coefficient (Wildman–Crippen LogP) is 3.70.